The third kappa shape index (κ3) is 3.02. The van der Waals surface area contributed by atoms with Crippen molar-refractivity contribution in [2.45, 2.75) is 6.92 Å². The first-order valence-electron chi connectivity index (χ1n) is 3.71. The second kappa shape index (κ2) is 3.74. The van der Waals surface area contributed by atoms with Crippen molar-refractivity contribution in [3.05, 3.63) is 30.1 Å². The molecule has 3 nitrogen and oxygen atoms in total. The molecule has 0 spiro atoms. The lowest BCUT2D eigenvalue weighted by molar-refractivity contribution is 0.484. The van der Waals surface area contributed by atoms with Crippen LogP contribution >= 0.6 is 0 Å². The second-order valence-electron chi connectivity index (χ2n) is 2.39. The van der Waals surface area contributed by atoms with Crippen molar-refractivity contribution in [1.29, 1.82) is 0 Å². The average Bonchev–Trinajstić information content (AvgIpc) is 2.03. The Morgan fingerprint density at radius 3 is 2.69 bits per heavy atom. The third-order valence-electron chi connectivity index (χ3n) is 1.37. The van der Waals surface area contributed by atoms with E-state index >= 15 is 0 Å². The average molecular weight is 204 g/mol. The van der Waals surface area contributed by atoms with Gasteiger partial charge in [0.15, 0.2) is 0 Å². The molecule has 0 N–H and O–H groups in total. The van der Waals surface area contributed by atoms with Crippen LogP contribution in [-0.4, -0.2) is 14.2 Å². The summed E-state index contributed by atoms with van der Waals surface area (Å²) < 4.78 is 39.0. The van der Waals surface area contributed by atoms with Gasteiger partial charge < -0.3 is 4.18 Å². The first-order valence-corrected chi connectivity index (χ1v) is 5.29. The molecule has 0 aliphatic rings. The summed E-state index contributed by atoms with van der Waals surface area (Å²) in [5.41, 5.74) is 0. The van der Waals surface area contributed by atoms with Crippen molar-refractivity contribution in [2.75, 3.05) is 5.75 Å². The number of halogens is 1. The van der Waals surface area contributed by atoms with E-state index < -0.39 is 15.9 Å². The summed E-state index contributed by atoms with van der Waals surface area (Å²) in [5, 5.41) is 0. The van der Waals surface area contributed by atoms with Gasteiger partial charge in [0.2, 0.25) is 0 Å². The molecule has 0 atom stereocenters. The van der Waals surface area contributed by atoms with Crippen LogP contribution < -0.4 is 4.18 Å². The third-order valence-corrected chi connectivity index (χ3v) is 2.53. The smallest absolute Gasteiger partial charge is 0.308 e. The van der Waals surface area contributed by atoms with Crippen LogP contribution in [-0.2, 0) is 10.1 Å². The predicted octanol–water partition coefficient (Wildman–Crippen LogP) is 1.55. The normalized spacial score (nSPS) is 11.2. The van der Waals surface area contributed by atoms with Crippen LogP contribution in [0, 0.1) is 5.82 Å². The highest BCUT2D eigenvalue weighted by molar-refractivity contribution is 7.87. The molecule has 0 saturated carbocycles. The van der Waals surface area contributed by atoms with E-state index in [0.29, 0.717) is 0 Å². The van der Waals surface area contributed by atoms with Gasteiger partial charge in [-0.3, -0.25) is 0 Å². The molecule has 0 heterocycles. The van der Waals surface area contributed by atoms with Gasteiger partial charge >= 0.3 is 10.1 Å². The Bertz CT molecular complexity index is 386. The van der Waals surface area contributed by atoms with Crippen molar-refractivity contribution in [3.8, 4) is 5.75 Å². The fraction of sp³-hybridized carbons (Fsp3) is 0.250. The van der Waals surface area contributed by atoms with E-state index in [9.17, 15) is 12.8 Å². The van der Waals surface area contributed by atoms with Gasteiger partial charge in [0, 0.05) is 6.07 Å². The lowest BCUT2D eigenvalue weighted by atomic mass is 10.3. The maximum absolute atomic E-state index is 12.6. The van der Waals surface area contributed by atoms with Crippen LogP contribution in [0.3, 0.4) is 0 Å². The molecular weight excluding hydrogens is 195 g/mol. The van der Waals surface area contributed by atoms with Crippen LogP contribution in [0.25, 0.3) is 0 Å². The molecular formula is C8H9FO3S. The Balaban J connectivity index is 2.87. The summed E-state index contributed by atoms with van der Waals surface area (Å²) in [6.07, 6.45) is 0. The highest BCUT2D eigenvalue weighted by atomic mass is 32.2. The van der Waals surface area contributed by atoms with Crippen molar-refractivity contribution < 1.29 is 17.0 Å². The molecule has 13 heavy (non-hydrogen) atoms. The Morgan fingerprint density at radius 2 is 2.15 bits per heavy atom. The van der Waals surface area contributed by atoms with Gasteiger partial charge in [-0.25, -0.2) is 4.39 Å². The molecule has 0 aliphatic heterocycles. The lowest BCUT2D eigenvalue weighted by Gasteiger charge is -2.03. The number of benzene rings is 1. The van der Waals surface area contributed by atoms with Gasteiger partial charge in [-0.05, 0) is 19.1 Å². The highest BCUT2D eigenvalue weighted by Gasteiger charge is 2.08. The standard InChI is InChI=1S/C8H9FO3S/c1-2-13(10,11)12-8-5-3-4-7(9)6-8/h3-6H,2H2,1H3. The van der Waals surface area contributed by atoms with E-state index in [-0.39, 0.29) is 11.5 Å². The molecule has 0 aliphatic carbocycles. The summed E-state index contributed by atoms with van der Waals surface area (Å²) in [6.45, 7) is 1.45. The van der Waals surface area contributed by atoms with E-state index in [1.807, 2.05) is 0 Å². The number of rotatable bonds is 3. The van der Waals surface area contributed by atoms with Crippen molar-refractivity contribution in [1.82, 2.24) is 0 Å². The van der Waals surface area contributed by atoms with E-state index in [2.05, 4.69) is 4.18 Å². The molecule has 1 aromatic rings. The SMILES string of the molecule is CCS(=O)(=O)Oc1cccc(F)c1. The van der Waals surface area contributed by atoms with Crippen LogP contribution in [0.2, 0.25) is 0 Å². The zero-order valence-electron chi connectivity index (χ0n) is 7.03. The van der Waals surface area contributed by atoms with Gasteiger partial charge in [-0.1, -0.05) is 6.07 Å². The zero-order chi connectivity index (χ0) is 9.90. The first kappa shape index (κ1) is 9.98. The maximum Gasteiger partial charge on any atom is 0.308 e. The Labute approximate surface area is 76.3 Å². The van der Waals surface area contributed by atoms with Crippen molar-refractivity contribution >= 4 is 10.1 Å². The molecule has 0 saturated heterocycles. The predicted molar refractivity (Wildman–Crippen MR) is 46.5 cm³/mol. The Hall–Kier alpha value is -1.10. The van der Waals surface area contributed by atoms with E-state index in [1.54, 1.807) is 0 Å². The van der Waals surface area contributed by atoms with Crippen molar-refractivity contribution in [2.24, 2.45) is 0 Å². The molecule has 0 unspecified atom stereocenters. The van der Waals surface area contributed by atoms with Gasteiger partial charge in [0.1, 0.15) is 11.6 Å². The maximum atomic E-state index is 12.6. The summed E-state index contributed by atoms with van der Waals surface area (Å²) >= 11 is 0. The van der Waals surface area contributed by atoms with Gasteiger partial charge in [0.25, 0.3) is 0 Å². The van der Waals surface area contributed by atoms with Crippen molar-refractivity contribution in [3.63, 3.8) is 0 Å². The molecule has 72 valence electrons. The quantitative estimate of drug-likeness (QED) is 0.702. The molecule has 1 rings (SSSR count). The molecule has 0 aromatic heterocycles. The Morgan fingerprint density at radius 1 is 1.46 bits per heavy atom. The van der Waals surface area contributed by atoms with Gasteiger partial charge in [-0.15, -0.1) is 0 Å². The summed E-state index contributed by atoms with van der Waals surface area (Å²) in [4.78, 5) is 0. The monoisotopic (exact) mass is 204 g/mol. The fourth-order valence-electron chi connectivity index (χ4n) is 0.724. The number of hydrogen-bond donors (Lipinski definition) is 0. The van der Waals surface area contributed by atoms with E-state index in [4.69, 9.17) is 0 Å². The summed E-state index contributed by atoms with van der Waals surface area (Å²) in [7, 11) is -3.56. The molecule has 0 fully saturated rings. The minimum Gasteiger partial charge on any atom is -0.382 e. The van der Waals surface area contributed by atoms with Crippen LogP contribution in [0.5, 0.6) is 5.75 Å². The molecule has 1 aromatic carbocycles. The fourth-order valence-corrected chi connectivity index (χ4v) is 1.24. The summed E-state index contributed by atoms with van der Waals surface area (Å²) in [5.74, 6) is -0.658. The van der Waals surface area contributed by atoms with Gasteiger partial charge in [0.05, 0.1) is 5.75 Å². The zero-order valence-corrected chi connectivity index (χ0v) is 7.84. The minimum atomic E-state index is -3.56. The lowest BCUT2D eigenvalue weighted by Crippen LogP contribution is -2.11. The second-order valence-corrected chi connectivity index (χ2v) is 4.25. The molecule has 0 radical (unpaired) electrons. The van der Waals surface area contributed by atoms with Gasteiger partial charge in [-0.2, -0.15) is 8.42 Å². The van der Waals surface area contributed by atoms with E-state index in [1.165, 1.54) is 25.1 Å². The van der Waals surface area contributed by atoms with E-state index in [0.717, 1.165) is 6.07 Å². The molecule has 0 amide bonds. The highest BCUT2D eigenvalue weighted by Crippen LogP contribution is 2.14. The first-order chi connectivity index (χ1) is 6.03. The van der Waals surface area contributed by atoms with Crippen LogP contribution in [0.15, 0.2) is 24.3 Å². The minimum absolute atomic E-state index is 0.00171. The molecule has 5 heteroatoms. The Kier molecular flexibility index (Phi) is 2.87. The topological polar surface area (TPSA) is 43.4 Å². The number of hydrogen-bond acceptors (Lipinski definition) is 3. The molecule has 0 bridgehead atoms. The summed E-state index contributed by atoms with van der Waals surface area (Å²) in [6, 6.07) is 5.00. The van der Waals surface area contributed by atoms with Crippen LogP contribution in [0.4, 0.5) is 4.39 Å². The largest absolute Gasteiger partial charge is 0.382 e. The van der Waals surface area contributed by atoms with Crippen LogP contribution in [0.1, 0.15) is 6.92 Å².